The van der Waals surface area contributed by atoms with Gasteiger partial charge in [0, 0.05) is 17.2 Å². The Balaban J connectivity index is 2.27. The molecule has 2 N–H and O–H groups in total. The summed E-state index contributed by atoms with van der Waals surface area (Å²) in [6, 6.07) is 0. The molecule has 0 aliphatic carbocycles. The van der Waals surface area contributed by atoms with E-state index >= 15 is 0 Å². The van der Waals surface area contributed by atoms with Crippen molar-refractivity contribution in [3.8, 4) is 0 Å². The van der Waals surface area contributed by atoms with Crippen LogP contribution in [0.1, 0.15) is 48.6 Å². The normalized spacial score (nSPS) is 11.8. The molecule has 0 amide bonds. The summed E-state index contributed by atoms with van der Waals surface area (Å²) in [6.45, 7) is 10.4. The molecule has 2 heterocycles. The van der Waals surface area contributed by atoms with E-state index in [0.29, 0.717) is 12.2 Å². The van der Waals surface area contributed by atoms with Gasteiger partial charge < -0.3 is 5.73 Å². The molecule has 4 nitrogen and oxygen atoms in total. The first-order valence-electron chi connectivity index (χ1n) is 6.32. The second-order valence-corrected chi connectivity index (χ2v) is 6.72. The molecule has 0 fully saturated rings. The molecule has 0 aromatic carbocycles. The Morgan fingerprint density at radius 1 is 1.11 bits per heavy atom. The first kappa shape index (κ1) is 13.9. The zero-order valence-electron chi connectivity index (χ0n) is 12.1. The summed E-state index contributed by atoms with van der Waals surface area (Å²) in [5.41, 5.74) is 9.76. The van der Waals surface area contributed by atoms with Crippen molar-refractivity contribution in [3.05, 3.63) is 33.2 Å². The van der Waals surface area contributed by atoms with E-state index in [1.54, 1.807) is 11.3 Å². The van der Waals surface area contributed by atoms with Crippen LogP contribution in [0, 0.1) is 13.8 Å². The van der Waals surface area contributed by atoms with Crippen molar-refractivity contribution >= 4 is 17.2 Å². The van der Waals surface area contributed by atoms with Crippen LogP contribution >= 0.6 is 11.3 Å². The van der Waals surface area contributed by atoms with Crippen LogP contribution in [0.5, 0.6) is 0 Å². The summed E-state index contributed by atoms with van der Waals surface area (Å²) < 4.78 is 0. The molecule has 0 aliphatic rings. The minimum atomic E-state index is 0.0785. The molecule has 0 bridgehead atoms. The van der Waals surface area contributed by atoms with E-state index in [9.17, 15) is 0 Å². The predicted molar refractivity (Wildman–Crippen MR) is 79.5 cm³/mol. The number of nitrogens with zero attached hydrogens (tertiary/aromatic N) is 3. The molecule has 19 heavy (non-hydrogen) atoms. The fourth-order valence-corrected chi connectivity index (χ4v) is 2.70. The van der Waals surface area contributed by atoms with E-state index in [2.05, 4.69) is 41.1 Å². The Morgan fingerprint density at radius 3 is 2.32 bits per heavy atom. The third kappa shape index (κ3) is 3.10. The van der Waals surface area contributed by atoms with E-state index in [4.69, 9.17) is 5.73 Å². The number of nitrogens with two attached hydrogens (primary N) is 1. The highest BCUT2D eigenvalue weighted by atomic mass is 32.1. The van der Waals surface area contributed by atoms with Crippen LogP contribution in [0.25, 0.3) is 0 Å². The third-order valence-electron chi connectivity index (χ3n) is 3.05. The molecule has 2 aromatic rings. The average molecular weight is 276 g/mol. The topological polar surface area (TPSA) is 64.7 Å². The van der Waals surface area contributed by atoms with E-state index in [-0.39, 0.29) is 5.41 Å². The molecule has 0 unspecified atom stereocenters. The maximum Gasteiger partial charge on any atom is 0.145 e. The van der Waals surface area contributed by atoms with Crippen LogP contribution < -0.4 is 5.73 Å². The molecule has 0 atom stereocenters. The Labute approximate surface area is 118 Å². The molecule has 5 heteroatoms. The van der Waals surface area contributed by atoms with Crippen molar-refractivity contribution in [1.29, 1.82) is 0 Å². The molecular formula is C14H20N4S. The van der Waals surface area contributed by atoms with Crippen LogP contribution in [0.4, 0.5) is 5.82 Å². The Morgan fingerprint density at radius 2 is 1.74 bits per heavy atom. The monoisotopic (exact) mass is 276 g/mol. The lowest BCUT2D eigenvalue weighted by Gasteiger charge is -2.14. The second kappa shape index (κ2) is 4.89. The number of rotatable bonds is 2. The Hall–Kier alpha value is -1.49. The van der Waals surface area contributed by atoms with Gasteiger partial charge in [-0.2, -0.15) is 0 Å². The second-order valence-electron chi connectivity index (χ2n) is 5.78. The van der Waals surface area contributed by atoms with Gasteiger partial charge in [-0.05, 0) is 13.8 Å². The molecule has 0 saturated heterocycles. The predicted octanol–water partition coefficient (Wildman–Crippen LogP) is 3.02. The SMILES string of the molecule is Cc1nc(N)c(Cc2nc(C(C)(C)C)cs2)nc1C. The number of hydrogen-bond acceptors (Lipinski definition) is 5. The molecule has 0 aliphatic heterocycles. The number of aryl methyl sites for hydroxylation is 2. The van der Waals surface area contributed by atoms with Gasteiger partial charge >= 0.3 is 0 Å². The van der Waals surface area contributed by atoms with Gasteiger partial charge in [0.05, 0.1) is 27.8 Å². The fraction of sp³-hybridized carbons (Fsp3) is 0.500. The fourth-order valence-electron chi connectivity index (χ4n) is 1.68. The van der Waals surface area contributed by atoms with Crippen LogP contribution in [-0.4, -0.2) is 15.0 Å². The van der Waals surface area contributed by atoms with Crippen LogP contribution in [0.3, 0.4) is 0 Å². The Bertz CT molecular complexity index is 596. The van der Waals surface area contributed by atoms with Gasteiger partial charge in [0.15, 0.2) is 0 Å². The van der Waals surface area contributed by atoms with Gasteiger partial charge in [-0.15, -0.1) is 11.3 Å². The van der Waals surface area contributed by atoms with Crippen molar-refractivity contribution in [2.45, 2.75) is 46.5 Å². The molecule has 0 saturated carbocycles. The van der Waals surface area contributed by atoms with Crippen molar-refractivity contribution < 1.29 is 0 Å². The van der Waals surface area contributed by atoms with Crippen molar-refractivity contribution in [3.63, 3.8) is 0 Å². The van der Waals surface area contributed by atoms with Gasteiger partial charge in [0.2, 0.25) is 0 Å². The first-order valence-corrected chi connectivity index (χ1v) is 7.20. The summed E-state index contributed by atoms with van der Waals surface area (Å²) in [5, 5.41) is 3.15. The molecule has 2 rings (SSSR count). The lowest BCUT2D eigenvalue weighted by Crippen LogP contribution is -2.12. The molecule has 2 aromatic heterocycles. The molecule has 102 valence electrons. The zero-order valence-corrected chi connectivity index (χ0v) is 12.9. The van der Waals surface area contributed by atoms with Crippen LogP contribution in [0.2, 0.25) is 0 Å². The highest BCUT2D eigenvalue weighted by Gasteiger charge is 2.18. The van der Waals surface area contributed by atoms with Gasteiger partial charge in [0.25, 0.3) is 0 Å². The molecular weight excluding hydrogens is 256 g/mol. The highest BCUT2D eigenvalue weighted by Crippen LogP contribution is 2.25. The van der Waals surface area contributed by atoms with Crippen LogP contribution in [-0.2, 0) is 11.8 Å². The maximum atomic E-state index is 5.93. The van der Waals surface area contributed by atoms with E-state index in [0.717, 1.165) is 27.8 Å². The smallest absolute Gasteiger partial charge is 0.145 e. The number of hydrogen-bond donors (Lipinski definition) is 1. The minimum absolute atomic E-state index is 0.0785. The standard InChI is InChI=1S/C14H20N4S/c1-8-9(2)17-13(15)10(16-8)6-12-18-11(7-19-12)14(3,4)5/h7H,6H2,1-5H3,(H2,15,17). The maximum absolute atomic E-state index is 5.93. The minimum Gasteiger partial charge on any atom is -0.382 e. The van der Waals surface area contributed by atoms with E-state index < -0.39 is 0 Å². The number of anilines is 1. The number of thiazole rings is 1. The lowest BCUT2D eigenvalue weighted by atomic mass is 9.93. The number of nitrogen functional groups attached to an aromatic ring is 1. The van der Waals surface area contributed by atoms with Gasteiger partial charge in [0.1, 0.15) is 5.82 Å². The van der Waals surface area contributed by atoms with E-state index in [1.165, 1.54) is 0 Å². The largest absolute Gasteiger partial charge is 0.382 e. The van der Waals surface area contributed by atoms with Gasteiger partial charge in [-0.1, -0.05) is 20.8 Å². The van der Waals surface area contributed by atoms with Crippen molar-refractivity contribution in [1.82, 2.24) is 15.0 Å². The molecule has 0 spiro atoms. The van der Waals surface area contributed by atoms with E-state index in [1.807, 2.05) is 13.8 Å². The summed E-state index contributed by atoms with van der Waals surface area (Å²) in [7, 11) is 0. The highest BCUT2D eigenvalue weighted by molar-refractivity contribution is 7.09. The summed E-state index contributed by atoms with van der Waals surface area (Å²) >= 11 is 1.66. The summed E-state index contributed by atoms with van der Waals surface area (Å²) in [4.78, 5) is 13.5. The third-order valence-corrected chi connectivity index (χ3v) is 3.90. The molecule has 0 radical (unpaired) electrons. The Kier molecular flexibility index (Phi) is 3.58. The summed E-state index contributed by atoms with van der Waals surface area (Å²) in [5.74, 6) is 0.510. The zero-order chi connectivity index (χ0) is 14.2. The van der Waals surface area contributed by atoms with Crippen LogP contribution in [0.15, 0.2) is 5.38 Å². The first-order chi connectivity index (χ1) is 8.77. The van der Waals surface area contributed by atoms with Crippen molar-refractivity contribution in [2.75, 3.05) is 5.73 Å². The van der Waals surface area contributed by atoms with Gasteiger partial charge in [-0.3, -0.25) is 4.98 Å². The lowest BCUT2D eigenvalue weighted by molar-refractivity contribution is 0.571. The number of aromatic nitrogens is 3. The summed E-state index contributed by atoms with van der Waals surface area (Å²) in [6.07, 6.45) is 0.653. The van der Waals surface area contributed by atoms with Gasteiger partial charge in [-0.25, -0.2) is 9.97 Å². The van der Waals surface area contributed by atoms with Crippen molar-refractivity contribution in [2.24, 2.45) is 0 Å². The quantitative estimate of drug-likeness (QED) is 0.915. The average Bonchev–Trinajstić information content (AvgIpc) is 2.74.